The number of benzene rings is 2. The van der Waals surface area contributed by atoms with Gasteiger partial charge in [0.15, 0.2) is 5.78 Å². The second-order valence-electron chi connectivity index (χ2n) is 9.81. The molecule has 34 heavy (non-hydrogen) atoms. The van der Waals surface area contributed by atoms with E-state index in [1.165, 1.54) is 25.7 Å². The zero-order chi connectivity index (χ0) is 23.7. The van der Waals surface area contributed by atoms with Crippen LogP contribution in [0.1, 0.15) is 68.3 Å². The zero-order valence-corrected chi connectivity index (χ0v) is 20.5. The molecular formula is C28H36N2O4. The third-order valence-corrected chi connectivity index (χ3v) is 7.53. The van der Waals surface area contributed by atoms with Crippen molar-refractivity contribution in [1.29, 1.82) is 0 Å². The molecule has 4 unspecified atom stereocenters. The number of rotatable bonds is 7. The van der Waals surface area contributed by atoms with Gasteiger partial charge in [0.05, 0.1) is 7.11 Å². The van der Waals surface area contributed by atoms with E-state index in [0.717, 1.165) is 42.8 Å². The van der Waals surface area contributed by atoms with Crippen LogP contribution in [0, 0.1) is 0 Å². The van der Waals surface area contributed by atoms with Crippen LogP contribution in [0.4, 0.5) is 0 Å². The summed E-state index contributed by atoms with van der Waals surface area (Å²) >= 11 is 0. The summed E-state index contributed by atoms with van der Waals surface area (Å²) in [5.41, 5.74) is 2.91. The Kier molecular flexibility index (Phi) is 6.79. The highest BCUT2D eigenvalue weighted by Gasteiger charge is 2.35. The molecule has 2 fully saturated rings. The van der Waals surface area contributed by atoms with Crippen LogP contribution in [-0.4, -0.2) is 50.3 Å². The molecule has 2 heterocycles. The monoisotopic (exact) mass is 464 g/mol. The summed E-state index contributed by atoms with van der Waals surface area (Å²) in [5.74, 6) is 2.03. The van der Waals surface area contributed by atoms with Crippen molar-refractivity contribution in [2.45, 2.75) is 76.7 Å². The van der Waals surface area contributed by atoms with Gasteiger partial charge in [0.2, 0.25) is 0 Å². The first-order valence-corrected chi connectivity index (χ1v) is 12.8. The number of ketones is 1. The number of piperidine rings is 2. The third-order valence-electron chi connectivity index (χ3n) is 7.53. The first-order chi connectivity index (χ1) is 16.6. The van der Waals surface area contributed by atoms with E-state index in [1.807, 2.05) is 30.3 Å². The molecule has 2 aliphatic heterocycles. The van der Waals surface area contributed by atoms with Gasteiger partial charge in [0.25, 0.3) is 0 Å². The molecule has 182 valence electrons. The summed E-state index contributed by atoms with van der Waals surface area (Å²) in [6.45, 7) is 6.25. The summed E-state index contributed by atoms with van der Waals surface area (Å²) < 4.78 is 18.6. The van der Waals surface area contributed by atoms with Crippen LogP contribution in [0.25, 0.3) is 11.1 Å². The molecule has 0 spiro atoms. The van der Waals surface area contributed by atoms with Crippen LogP contribution in [0.3, 0.4) is 0 Å². The second kappa shape index (κ2) is 9.96. The fourth-order valence-electron chi connectivity index (χ4n) is 5.62. The van der Waals surface area contributed by atoms with Crippen molar-refractivity contribution in [3.63, 3.8) is 0 Å². The Morgan fingerprint density at radius 3 is 2.09 bits per heavy atom. The molecule has 2 N–H and O–H groups in total. The van der Waals surface area contributed by atoms with Gasteiger partial charge in [-0.25, -0.2) is 0 Å². The lowest BCUT2D eigenvalue weighted by atomic mass is 10.00. The van der Waals surface area contributed by atoms with E-state index >= 15 is 0 Å². The lowest BCUT2D eigenvalue weighted by Gasteiger charge is -2.30. The Balaban J connectivity index is 1.45. The van der Waals surface area contributed by atoms with E-state index in [1.54, 1.807) is 7.11 Å². The maximum Gasteiger partial charge on any atom is 0.194 e. The van der Waals surface area contributed by atoms with Gasteiger partial charge in [0.1, 0.15) is 29.5 Å². The molecule has 2 aromatic carbocycles. The van der Waals surface area contributed by atoms with Crippen molar-refractivity contribution in [2.75, 3.05) is 20.2 Å². The van der Waals surface area contributed by atoms with Crippen LogP contribution in [0.2, 0.25) is 0 Å². The summed E-state index contributed by atoms with van der Waals surface area (Å²) in [5, 5.41) is 7.12. The lowest BCUT2D eigenvalue weighted by Crippen LogP contribution is -2.44. The zero-order valence-electron chi connectivity index (χ0n) is 20.5. The highest BCUT2D eigenvalue weighted by molar-refractivity contribution is 6.23. The maximum atomic E-state index is 13.4. The molecule has 6 nitrogen and oxygen atoms in total. The Morgan fingerprint density at radius 1 is 0.824 bits per heavy atom. The first kappa shape index (κ1) is 23.2. The van der Waals surface area contributed by atoms with Crippen molar-refractivity contribution in [3.8, 4) is 28.4 Å². The number of hydrogen-bond acceptors (Lipinski definition) is 6. The minimum absolute atomic E-state index is 0.00314. The molecule has 0 aromatic heterocycles. The molecule has 4 atom stereocenters. The van der Waals surface area contributed by atoms with Gasteiger partial charge in [-0.15, -0.1) is 0 Å². The van der Waals surface area contributed by atoms with Crippen molar-refractivity contribution < 1.29 is 19.0 Å². The van der Waals surface area contributed by atoms with E-state index in [-0.39, 0.29) is 18.0 Å². The summed E-state index contributed by atoms with van der Waals surface area (Å²) in [6, 6.07) is 10.1. The van der Waals surface area contributed by atoms with E-state index in [0.29, 0.717) is 34.7 Å². The highest BCUT2D eigenvalue weighted by atomic mass is 16.5. The SMILES string of the molecule is COc1cc(OC(C)C2CCCCN2)cc2c1-c1c(OC(C)C3CCCCN3)cccc1C2=O. The van der Waals surface area contributed by atoms with Gasteiger partial charge < -0.3 is 24.8 Å². The number of ether oxygens (including phenoxy) is 3. The van der Waals surface area contributed by atoms with Crippen LogP contribution in [-0.2, 0) is 0 Å². The molecule has 2 saturated heterocycles. The molecular weight excluding hydrogens is 428 g/mol. The van der Waals surface area contributed by atoms with E-state index in [4.69, 9.17) is 14.2 Å². The fourth-order valence-corrected chi connectivity index (χ4v) is 5.62. The number of nitrogens with one attached hydrogen (secondary N) is 2. The molecule has 5 rings (SSSR count). The van der Waals surface area contributed by atoms with Crippen LogP contribution in [0.5, 0.6) is 17.2 Å². The molecule has 3 aliphatic rings. The minimum atomic E-state index is -0.00825. The quantitative estimate of drug-likeness (QED) is 0.527. The Bertz CT molecular complexity index is 1040. The van der Waals surface area contributed by atoms with E-state index in [9.17, 15) is 4.79 Å². The minimum Gasteiger partial charge on any atom is -0.496 e. The molecule has 0 bridgehead atoms. The smallest absolute Gasteiger partial charge is 0.194 e. The van der Waals surface area contributed by atoms with Gasteiger partial charge >= 0.3 is 0 Å². The van der Waals surface area contributed by atoms with Gasteiger partial charge in [-0.2, -0.15) is 0 Å². The van der Waals surface area contributed by atoms with Gasteiger partial charge in [-0.05, 0) is 64.8 Å². The van der Waals surface area contributed by atoms with E-state index < -0.39 is 0 Å². The maximum absolute atomic E-state index is 13.4. The fraction of sp³-hybridized carbons (Fsp3) is 0.536. The number of carbonyl (C=O) groups excluding carboxylic acids is 1. The first-order valence-electron chi connectivity index (χ1n) is 12.8. The topological polar surface area (TPSA) is 68.8 Å². The summed E-state index contributed by atoms with van der Waals surface area (Å²) in [6.07, 6.45) is 7.06. The average molecular weight is 465 g/mol. The Morgan fingerprint density at radius 2 is 1.47 bits per heavy atom. The Labute approximate surface area is 202 Å². The predicted octanol–water partition coefficient (Wildman–Crippen LogP) is 4.73. The summed E-state index contributed by atoms with van der Waals surface area (Å²) in [4.78, 5) is 13.4. The van der Waals surface area contributed by atoms with Crippen LogP contribution >= 0.6 is 0 Å². The van der Waals surface area contributed by atoms with E-state index in [2.05, 4.69) is 24.5 Å². The van der Waals surface area contributed by atoms with Crippen molar-refractivity contribution >= 4 is 5.78 Å². The summed E-state index contributed by atoms with van der Waals surface area (Å²) in [7, 11) is 1.64. The number of carbonyl (C=O) groups is 1. The molecule has 0 radical (unpaired) electrons. The number of methoxy groups -OCH3 is 1. The molecule has 1 aliphatic carbocycles. The van der Waals surface area contributed by atoms with Crippen molar-refractivity contribution in [1.82, 2.24) is 10.6 Å². The average Bonchev–Trinajstić information content (AvgIpc) is 3.17. The van der Waals surface area contributed by atoms with Gasteiger partial charge in [-0.3, -0.25) is 4.79 Å². The molecule has 0 saturated carbocycles. The lowest BCUT2D eigenvalue weighted by molar-refractivity contribution is 0.104. The van der Waals surface area contributed by atoms with Gasteiger partial charge in [0, 0.05) is 40.4 Å². The largest absolute Gasteiger partial charge is 0.496 e. The predicted molar refractivity (Wildman–Crippen MR) is 133 cm³/mol. The standard InChI is InChI=1S/C28H36N2O4/c1-17(22-10-4-6-13-29-22)33-19-15-21-27(25(16-19)32-3)26-20(28(21)31)9-8-12-24(26)34-18(2)23-11-5-7-14-30-23/h8-9,12,15-18,22-23,29-30H,4-7,10-11,13-14H2,1-3H3. The molecule has 6 heteroatoms. The van der Waals surface area contributed by atoms with Crippen LogP contribution in [0.15, 0.2) is 30.3 Å². The molecule has 0 amide bonds. The van der Waals surface area contributed by atoms with Crippen LogP contribution < -0.4 is 24.8 Å². The number of hydrogen-bond donors (Lipinski definition) is 2. The highest BCUT2D eigenvalue weighted by Crippen LogP contribution is 2.49. The third kappa shape index (κ3) is 4.41. The molecule has 2 aromatic rings. The second-order valence-corrected chi connectivity index (χ2v) is 9.81. The van der Waals surface area contributed by atoms with Crippen molar-refractivity contribution in [3.05, 3.63) is 41.5 Å². The van der Waals surface area contributed by atoms with Crippen molar-refractivity contribution in [2.24, 2.45) is 0 Å². The number of fused-ring (bicyclic) bond motifs is 3. The Hall–Kier alpha value is -2.57. The van der Waals surface area contributed by atoms with Gasteiger partial charge in [-0.1, -0.05) is 25.0 Å². The normalized spacial score (nSPS) is 23.6.